The number of nitrogens with one attached hydrogen (secondary N) is 1. The lowest BCUT2D eigenvalue weighted by Crippen LogP contribution is -2.38. The van der Waals surface area contributed by atoms with Crippen LogP contribution in [0.5, 0.6) is 0 Å². The van der Waals surface area contributed by atoms with Crippen LogP contribution in [0.15, 0.2) is 0 Å². The molecule has 1 aliphatic carbocycles. The first-order valence-electron chi connectivity index (χ1n) is 4.35. The van der Waals surface area contributed by atoms with Crippen molar-refractivity contribution >= 4 is 0 Å². The molecule has 1 N–H and O–H groups in total. The third-order valence-corrected chi connectivity index (χ3v) is 2.91. The average molecular weight is 141 g/mol. The maximum atomic E-state index is 3.23. The summed E-state index contributed by atoms with van der Waals surface area (Å²) < 4.78 is 0. The van der Waals surface area contributed by atoms with Crippen LogP contribution in [0.25, 0.3) is 0 Å². The fraction of sp³-hybridized carbons (Fsp3) is 1.00. The Bertz CT molecular complexity index is 103. The summed E-state index contributed by atoms with van der Waals surface area (Å²) in [5.41, 5.74) is 0.696. The van der Waals surface area contributed by atoms with Crippen molar-refractivity contribution in [3.05, 3.63) is 0 Å². The Balaban J connectivity index is 2.16. The Kier molecular flexibility index (Phi) is 2.35. The summed E-state index contributed by atoms with van der Waals surface area (Å²) in [6, 6.07) is 0. The minimum Gasteiger partial charge on any atom is -0.319 e. The number of hydrogen-bond donors (Lipinski definition) is 1. The van der Waals surface area contributed by atoms with E-state index >= 15 is 0 Å². The van der Waals surface area contributed by atoms with Gasteiger partial charge in [0, 0.05) is 0 Å². The van der Waals surface area contributed by atoms with Crippen LogP contribution in [0.2, 0.25) is 0 Å². The molecule has 0 aromatic carbocycles. The van der Waals surface area contributed by atoms with E-state index in [1.54, 1.807) is 0 Å². The average Bonchev–Trinajstić information content (AvgIpc) is 1.85. The highest BCUT2D eigenvalue weighted by molar-refractivity contribution is 4.89. The molecule has 0 spiro atoms. The van der Waals surface area contributed by atoms with Gasteiger partial charge in [0.1, 0.15) is 0 Å². The minimum atomic E-state index is 0.696. The van der Waals surface area contributed by atoms with Crippen molar-refractivity contribution in [1.29, 1.82) is 0 Å². The van der Waals surface area contributed by atoms with Gasteiger partial charge >= 0.3 is 0 Å². The molecule has 0 aromatic heterocycles. The lowest BCUT2D eigenvalue weighted by Gasteiger charge is -2.45. The molecule has 0 unspecified atom stereocenters. The molecular weight excluding hydrogens is 122 g/mol. The van der Waals surface area contributed by atoms with Crippen LogP contribution in [-0.2, 0) is 0 Å². The van der Waals surface area contributed by atoms with Gasteiger partial charge in [-0.05, 0) is 37.8 Å². The summed E-state index contributed by atoms with van der Waals surface area (Å²) in [6.45, 7) is 5.92. The van der Waals surface area contributed by atoms with Crippen LogP contribution >= 0.6 is 0 Å². The van der Waals surface area contributed by atoms with E-state index in [4.69, 9.17) is 0 Å². The van der Waals surface area contributed by atoms with Crippen molar-refractivity contribution in [2.45, 2.75) is 33.1 Å². The Morgan fingerprint density at radius 3 is 2.50 bits per heavy atom. The molecule has 1 heteroatoms. The van der Waals surface area contributed by atoms with Gasteiger partial charge in [0.05, 0.1) is 0 Å². The zero-order valence-corrected chi connectivity index (χ0v) is 7.41. The van der Waals surface area contributed by atoms with Gasteiger partial charge < -0.3 is 5.32 Å². The van der Waals surface area contributed by atoms with Crippen LogP contribution in [0.3, 0.4) is 0 Å². The van der Waals surface area contributed by atoms with Gasteiger partial charge in [-0.3, -0.25) is 0 Å². The quantitative estimate of drug-likeness (QED) is 0.634. The SMILES string of the molecule is CCC1(C)CC(CNC)C1. The predicted molar refractivity (Wildman–Crippen MR) is 45.0 cm³/mol. The normalized spacial score (nSPS) is 39.3. The first kappa shape index (κ1) is 8.06. The van der Waals surface area contributed by atoms with Gasteiger partial charge in [-0.15, -0.1) is 0 Å². The van der Waals surface area contributed by atoms with Crippen molar-refractivity contribution in [2.24, 2.45) is 11.3 Å². The fourth-order valence-corrected chi connectivity index (χ4v) is 2.06. The van der Waals surface area contributed by atoms with Crippen molar-refractivity contribution < 1.29 is 0 Å². The molecule has 1 aliphatic rings. The number of rotatable bonds is 3. The summed E-state index contributed by atoms with van der Waals surface area (Å²) in [7, 11) is 2.04. The van der Waals surface area contributed by atoms with E-state index in [9.17, 15) is 0 Å². The second-order valence-corrected chi connectivity index (χ2v) is 4.00. The third-order valence-electron chi connectivity index (χ3n) is 2.91. The first-order chi connectivity index (χ1) is 4.70. The van der Waals surface area contributed by atoms with Gasteiger partial charge in [-0.2, -0.15) is 0 Å². The smallest absolute Gasteiger partial charge is 0.00231 e. The van der Waals surface area contributed by atoms with Gasteiger partial charge in [0.15, 0.2) is 0 Å². The first-order valence-corrected chi connectivity index (χ1v) is 4.35. The molecule has 1 rings (SSSR count). The zero-order valence-electron chi connectivity index (χ0n) is 7.41. The molecule has 0 atom stereocenters. The van der Waals surface area contributed by atoms with E-state index in [0.717, 1.165) is 5.92 Å². The Hall–Kier alpha value is -0.0400. The van der Waals surface area contributed by atoms with E-state index in [1.807, 2.05) is 7.05 Å². The van der Waals surface area contributed by atoms with E-state index in [2.05, 4.69) is 19.2 Å². The highest BCUT2D eigenvalue weighted by Gasteiger charge is 2.37. The molecule has 0 saturated heterocycles. The molecule has 60 valence electrons. The topological polar surface area (TPSA) is 12.0 Å². The molecule has 1 fully saturated rings. The van der Waals surface area contributed by atoms with E-state index in [-0.39, 0.29) is 0 Å². The molecule has 0 bridgehead atoms. The molecular formula is C9H19N. The summed E-state index contributed by atoms with van der Waals surface area (Å²) in [5.74, 6) is 0.968. The molecule has 0 aliphatic heterocycles. The fourth-order valence-electron chi connectivity index (χ4n) is 2.06. The molecule has 0 amide bonds. The van der Waals surface area contributed by atoms with Gasteiger partial charge in [0.25, 0.3) is 0 Å². The maximum Gasteiger partial charge on any atom is -0.00231 e. The highest BCUT2D eigenvalue weighted by Crippen LogP contribution is 2.47. The summed E-state index contributed by atoms with van der Waals surface area (Å²) >= 11 is 0. The van der Waals surface area contributed by atoms with Crippen LogP contribution in [0, 0.1) is 11.3 Å². The van der Waals surface area contributed by atoms with Crippen LogP contribution in [-0.4, -0.2) is 13.6 Å². The van der Waals surface area contributed by atoms with Gasteiger partial charge in [-0.1, -0.05) is 20.3 Å². The molecule has 1 nitrogen and oxygen atoms in total. The summed E-state index contributed by atoms with van der Waals surface area (Å²) in [4.78, 5) is 0. The molecule has 1 saturated carbocycles. The zero-order chi connectivity index (χ0) is 7.61. The lowest BCUT2D eigenvalue weighted by atomic mass is 9.62. The van der Waals surface area contributed by atoms with Crippen molar-refractivity contribution in [2.75, 3.05) is 13.6 Å². The summed E-state index contributed by atoms with van der Waals surface area (Å²) in [6.07, 6.45) is 4.22. The minimum absolute atomic E-state index is 0.696. The van der Waals surface area contributed by atoms with E-state index in [0.29, 0.717) is 5.41 Å². The highest BCUT2D eigenvalue weighted by atomic mass is 14.8. The van der Waals surface area contributed by atoms with Gasteiger partial charge in [0.2, 0.25) is 0 Å². The third kappa shape index (κ3) is 1.51. The van der Waals surface area contributed by atoms with Crippen molar-refractivity contribution in [3.63, 3.8) is 0 Å². The lowest BCUT2D eigenvalue weighted by molar-refractivity contribution is 0.0720. The largest absolute Gasteiger partial charge is 0.319 e. The number of hydrogen-bond acceptors (Lipinski definition) is 1. The monoisotopic (exact) mass is 141 g/mol. The van der Waals surface area contributed by atoms with Crippen LogP contribution < -0.4 is 5.32 Å². The molecule has 0 radical (unpaired) electrons. The predicted octanol–water partition coefficient (Wildman–Crippen LogP) is 2.03. The Labute approximate surface area is 64.2 Å². The maximum absolute atomic E-state index is 3.23. The van der Waals surface area contributed by atoms with E-state index in [1.165, 1.54) is 25.8 Å². The Morgan fingerprint density at radius 2 is 2.10 bits per heavy atom. The van der Waals surface area contributed by atoms with Gasteiger partial charge in [-0.25, -0.2) is 0 Å². The van der Waals surface area contributed by atoms with Crippen molar-refractivity contribution in [3.8, 4) is 0 Å². The second kappa shape index (κ2) is 2.91. The molecule has 0 aromatic rings. The van der Waals surface area contributed by atoms with Crippen molar-refractivity contribution in [1.82, 2.24) is 5.32 Å². The van der Waals surface area contributed by atoms with E-state index < -0.39 is 0 Å². The molecule has 0 heterocycles. The Morgan fingerprint density at radius 1 is 1.50 bits per heavy atom. The second-order valence-electron chi connectivity index (χ2n) is 4.00. The molecule has 10 heavy (non-hydrogen) atoms. The van der Waals surface area contributed by atoms with Crippen LogP contribution in [0.4, 0.5) is 0 Å². The standard InChI is InChI=1S/C9H19N/c1-4-9(2)5-8(6-9)7-10-3/h8,10H,4-7H2,1-3H3. The van der Waals surface area contributed by atoms with Crippen LogP contribution in [0.1, 0.15) is 33.1 Å². The summed E-state index contributed by atoms with van der Waals surface area (Å²) in [5, 5.41) is 3.23.